The van der Waals surface area contributed by atoms with Gasteiger partial charge in [-0.25, -0.2) is 0 Å². The third-order valence-corrected chi connectivity index (χ3v) is 16.2. The first-order valence-corrected chi connectivity index (χ1v) is 27.4. The zero-order valence-corrected chi connectivity index (χ0v) is 46.2. The number of anilines is 2. The fraction of sp³-hybridized carbons (Fsp3) is 0.130. The minimum atomic E-state index is -2.40. The van der Waals surface area contributed by atoms with E-state index in [1.807, 2.05) is 42.5 Å². The number of benzene rings is 9. The summed E-state index contributed by atoms with van der Waals surface area (Å²) < 4.78 is 41.3. The van der Waals surface area contributed by atoms with Gasteiger partial charge in [0.05, 0.1) is 0 Å². The second-order valence-electron chi connectivity index (χ2n) is 22.1. The summed E-state index contributed by atoms with van der Waals surface area (Å²) >= 11 is 2.50. The fourth-order valence-electron chi connectivity index (χ4n) is 11.4. The Kier molecular flexibility index (Phi) is 11.0. The van der Waals surface area contributed by atoms with Crippen LogP contribution in [0.4, 0.5) is 11.5 Å². The van der Waals surface area contributed by atoms with Crippen LogP contribution in [0.15, 0.2) is 224 Å². The Hall–Kier alpha value is -8.25. The first kappa shape index (κ1) is 45.0. The number of aromatic nitrogens is 4. The van der Waals surface area contributed by atoms with E-state index in [0.717, 1.165) is 76.0 Å². The van der Waals surface area contributed by atoms with Crippen molar-refractivity contribution < 1.29 is 28.2 Å². The number of nitrogens with zero attached hydrogens (tertiary/aromatic N) is 5. The Balaban J connectivity index is 1.00. The predicted molar refractivity (Wildman–Crippen MR) is 317 cm³/mol. The van der Waals surface area contributed by atoms with E-state index < -0.39 is 6.85 Å². The SMILES string of the molecule is [2H]C([2H])([2H])c1ccccc1-c1ccc(N2B(c3ccccc3)n3c4ccccc4c4cccc2c43)nc1Oc1cccc(-n2[c](=[Pt])n(-c3c(-c4ccccc4)cc(C(C)(C)C)cc3-c3cccc(C(C)(C)C)c3)c3ccccc32)c1. The van der Waals surface area contributed by atoms with Crippen LogP contribution in [0.3, 0.4) is 0 Å². The molecule has 0 atom stereocenters. The molecule has 0 amide bonds. The normalized spacial score (nSPS) is 13.4. The van der Waals surface area contributed by atoms with Crippen molar-refractivity contribution in [3.63, 3.8) is 0 Å². The summed E-state index contributed by atoms with van der Waals surface area (Å²) in [7, 11) is 0. The molecule has 0 aliphatic carbocycles. The molecule has 6 nitrogen and oxygen atoms in total. The van der Waals surface area contributed by atoms with E-state index >= 15 is 0 Å². The van der Waals surface area contributed by atoms with Gasteiger partial charge >= 0.3 is 386 Å². The zero-order valence-electron chi connectivity index (χ0n) is 46.9. The molecule has 1 aliphatic heterocycles. The molecule has 0 bridgehead atoms. The molecule has 8 heteroatoms. The van der Waals surface area contributed by atoms with Gasteiger partial charge in [-0.1, -0.05) is 60.7 Å². The van der Waals surface area contributed by atoms with E-state index in [2.05, 4.69) is 249 Å². The average molecular weight is 1180 g/mol. The number of hydrogen-bond acceptors (Lipinski definition) is 3. The molecule has 0 N–H and O–H groups in total. The molecule has 0 saturated heterocycles. The molecule has 0 fully saturated rings. The van der Waals surface area contributed by atoms with Crippen molar-refractivity contribution in [2.24, 2.45) is 0 Å². The molecular weight excluding hydrogens is 1120 g/mol. The Bertz CT molecular complexity index is 4450. The number of imidazole rings is 1. The van der Waals surface area contributed by atoms with E-state index in [1.54, 1.807) is 12.1 Å². The molecule has 9 aromatic carbocycles. The van der Waals surface area contributed by atoms with Gasteiger partial charge in [-0.3, -0.25) is 0 Å². The molecule has 13 rings (SSSR count). The average Bonchev–Trinajstić information content (AvgIpc) is 4.25. The van der Waals surface area contributed by atoms with Gasteiger partial charge in [0.1, 0.15) is 0 Å². The second-order valence-corrected chi connectivity index (χ2v) is 23.2. The minimum absolute atomic E-state index is 0.0589. The standard InChI is InChI=1S/C69H58BN5O.Pt/c1-46-23-14-15-32-54(46)57-39-40-64(74-63-38-22-34-56-55-33-16-17-35-60(55)75(66(56)63)70(74)51-28-12-9-13-29-51)71-67(57)76-53-31-21-30-52(44-53)72-45-73(62-37-19-18-36-61(62)72)65-58(47-24-10-8-11-25-47)42-50(69(5,6)7)43-59(65)48-26-20-27-49(41-48)68(2,3)4;/h8-44H,1-7H3;/i1D3;. The molecule has 0 spiro atoms. The second kappa shape index (κ2) is 18.8. The molecule has 12 aromatic rings. The van der Waals surface area contributed by atoms with Crippen molar-refractivity contribution >= 4 is 56.8 Å². The van der Waals surface area contributed by atoms with Gasteiger partial charge in [-0.2, -0.15) is 0 Å². The summed E-state index contributed by atoms with van der Waals surface area (Å²) in [6.45, 7) is 11.0. The molecular formula is C69H58BN5OPt. The van der Waals surface area contributed by atoms with Crippen LogP contribution in [-0.4, -0.2) is 25.6 Å². The van der Waals surface area contributed by atoms with E-state index in [4.69, 9.17) is 13.8 Å². The Morgan fingerprint density at radius 3 is 1.88 bits per heavy atom. The third kappa shape index (κ3) is 8.31. The molecule has 3 aromatic heterocycles. The first-order chi connectivity index (χ1) is 38.5. The zero-order chi connectivity index (χ0) is 55.2. The van der Waals surface area contributed by atoms with Gasteiger partial charge in [-0.15, -0.1) is 0 Å². The van der Waals surface area contributed by atoms with E-state index in [9.17, 15) is 0 Å². The fourth-order valence-corrected chi connectivity index (χ4v) is 12.4. The van der Waals surface area contributed by atoms with Crippen LogP contribution in [0, 0.1) is 10.7 Å². The van der Waals surface area contributed by atoms with Gasteiger partial charge in [0.15, 0.2) is 0 Å². The van der Waals surface area contributed by atoms with Crippen molar-refractivity contribution in [2.75, 3.05) is 4.81 Å². The first-order valence-electron chi connectivity index (χ1n) is 27.8. The summed E-state index contributed by atoms with van der Waals surface area (Å²) in [4.78, 5) is 7.77. The predicted octanol–water partition coefficient (Wildman–Crippen LogP) is 17.1. The molecule has 1 aliphatic rings. The molecule has 0 unspecified atom stereocenters. The van der Waals surface area contributed by atoms with Crippen molar-refractivity contribution in [1.82, 2.24) is 18.6 Å². The summed E-state index contributed by atoms with van der Waals surface area (Å²) in [5.74, 6) is 1.48. The van der Waals surface area contributed by atoms with Gasteiger partial charge < -0.3 is 0 Å². The van der Waals surface area contributed by atoms with Crippen LogP contribution >= 0.6 is 0 Å². The third-order valence-electron chi connectivity index (χ3n) is 15.2. The van der Waals surface area contributed by atoms with Crippen molar-refractivity contribution in [2.45, 2.75) is 59.2 Å². The Labute approximate surface area is 466 Å². The number of rotatable bonds is 9. The van der Waals surface area contributed by atoms with Crippen LogP contribution in [0.25, 0.3) is 77.6 Å². The monoisotopic (exact) mass is 1180 g/mol. The van der Waals surface area contributed by atoms with Crippen LogP contribution in [0.1, 0.15) is 62.3 Å². The molecule has 77 heavy (non-hydrogen) atoms. The van der Waals surface area contributed by atoms with Crippen LogP contribution in [-0.2, 0) is 30.2 Å². The number of para-hydroxylation sites is 4. The van der Waals surface area contributed by atoms with Crippen LogP contribution in [0.5, 0.6) is 11.6 Å². The van der Waals surface area contributed by atoms with Crippen LogP contribution < -0.4 is 15.0 Å². The van der Waals surface area contributed by atoms with Gasteiger partial charge in [-0.05, 0) is 6.07 Å². The maximum absolute atomic E-state index is 8.67. The van der Waals surface area contributed by atoms with Gasteiger partial charge in [0.25, 0.3) is 0 Å². The summed E-state index contributed by atoms with van der Waals surface area (Å²) in [5.41, 5.74) is 16.6. The van der Waals surface area contributed by atoms with Crippen molar-refractivity contribution in [3.05, 3.63) is 245 Å². The summed E-state index contributed by atoms with van der Waals surface area (Å²) in [6, 6.07) is 78.0. The maximum atomic E-state index is 8.67. The molecule has 0 radical (unpaired) electrons. The topological polar surface area (TPSA) is 40.1 Å². The van der Waals surface area contributed by atoms with Gasteiger partial charge in [0.2, 0.25) is 0 Å². The molecule has 4 heterocycles. The number of aryl methyl sites for hydroxylation is 1. The quantitative estimate of drug-likeness (QED) is 0.135. The number of fused-ring (bicyclic) bond motifs is 4. The molecule has 378 valence electrons. The van der Waals surface area contributed by atoms with E-state index in [-0.39, 0.29) is 29.3 Å². The summed E-state index contributed by atoms with van der Waals surface area (Å²) in [6.07, 6.45) is 0. The van der Waals surface area contributed by atoms with E-state index in [1.165, 1.54) is 16.5 Å². The van der Waals surface area contributed by atoms with Gasteiger partial charge in [0, 0.05) is 16.3 Å². The number of ether oxygens (including phenoxy) is 1. The van der Waals surface area contributed by atoms with Crippen LogP contribution in [0.2, 0.25) is 0 Å². The van der Waals surface area contributed by atoms with Crippen molar-refractivity contribution in [1.29, 1.82) is 0 Å². The number of hydrogen-bond donors (Lipinski definition) is 0. The molecule has 0 saturated carbocycles. The van der Waals surface area contributed by atoms with Crippen molar-refractivity contribution in [3.8, 4) is 56.4 Å². The summed E-state index contributed by atoms with van der Waals surface area (Å²) in [5, 5.41) is 2.35. The van der Waals surface area contributed by atoms with E-state index in [0.29, 0.717) is 22.7 Å². The Morgan fingerprint density at radius 2 is 1.13 bits per heavy atom. The number of pyridine rings is 1. The Morgan fingerprint density at radius 1 is 0.506 bits per heavy atom.